The molecule has 5 nitrogen and oxygen atoms in total. The standard InChI is InChI=1S/C16H24N4O/c1-4-9-17-10-15-12-21-16(19-15)20(5-2)11-14-8-6-7-13(3)18-14/h6-8,12,17H,4-5,9-11H2,1-3H3. The maximum absolute atomic E-state index is 5.60. The molecule has 114 valence electrons. The van der Waals surface area contributed by atoms with Gasteiger partial charge in [0.2, 0.25) is 0 Å². The maximum atomic E-state index is 5.60. The molecule has 0 atom stereocenters. The van der Waals surface area contributed by atoms with E-state index in [4.69, 9.17) is 4.42 Å². The highest BCUT2D eigenvalue weighted by Crippen LogP contribution is 2.16. The molecular weight excluding hydrogens is 264 g/mol. The van der Waals surface area contributed by atoms with E-state index in [2.05, 4.69) is 34.0 Å². The van der Waals surface area contributed by atoms with E-state index in [1.807, 2.05) is 25.1 Å². The quantitative estimate of drug-likeness (QED) is 0.757. The van der Waals surface area contributed by atoms with Crippen molar-refractivity contribution in [2.45, 2.75) is 40.3 Å². The molecule has 0 amide bonds. The summed E-state index contributed by atoms with van der Waals surface area (Å²) in [5.74, 6) is 0. The van der Waals surface area contributed by atoms with Crippen LogP contribution in [0.15, 0.2) is 28.9 Å². The lowest BCUT2D eigenvalue weighted by Gasteiger charge is -2.17. The molecule has 0 aromatic carbocycles. The Balaban J connectivity index is 2.00. The van der Waals surface area contributed by atoms with Crippen molar-refractivity contribution >= 4 is 6.01 Å². The minimum Gasteiger partial charge on any atom is -0.432 e. The van der Waals surface area contributed by atoms with Crippen LogP contribution in [0.5, 0.6) is 0 Å². The van der Waals surface area contributed by atoms with Gasteiger partial charge in [0, 0.05) is 18.8 Å². The van der Waals surface area contributed by atoms with E-state index in [-0.39, 0.29) is 0 Å². The van der Waals surface area contributed by atoms with Crippen molar-refractivity contribution in [1.82, 2.24) is 15.3 Å². The largest absolute Gasteiger partial charge is 0.432 e. The zero-order valence-corrected chi connectivity index (χ0v) is 13.1. The summed E-state index contributed by atoms with van der Waals surface area (Å²) in [6, 6.07) is 6.72. The number of hydrogen-bond donors (Lipinski definition) is 1. The van der Waals surface area contributed by atoms with E-state index in [0.29, 0.717) is 12.6 Å². The first-order valence-electron chi connectivity index (χ1n) is 7.55. The van der Waals surface area contributed by atoms with Crippen LogP contribution in [0, 0.1) is 6.92 Å². The monoisotopic (exact) mass is 288 g/mol. The van der Waals surface area contributed by atoms with Crippen LogP contribution in [0.4, 0.5) is 6.01 Å². The highest BCUT2D eigenvalue weighted by molar-refractivity contribution is 5.28. The Kier molecular flexibility index (Phi) is 5.75. The molecule has 0 saturated heterocycles. The second-order valence-corrected chi connectivity index (χ2v) is 5.08. The Morgan fingerprint density at radius 2 is 2.05 bits per heavy atom. The number of rotatable bonds is 8. The van der Waals surface area contributed by atoms with Crippen molar-refractivity contribution < 1.29 is 4.42 Å². The number of aromatic nitrogens is 2. The molecule has 2 rings (SSSR count). The van der Waals surface area contributed by atoms with Gasteiger partial charge in [-0.15, -0.1) is 0 Å². The molecular formula is C16H24N4O. The summed E-state index contributed by atoms with van der Waals surface area (Å²) in [7, 11) is 0. The fraction of sp³-hybridized carbons (Fsp3) is 0.500. The molecule has 0 saturated carbocycles. The molecule has 0 aliphatic heterocycles. The smallest absolute Gasteiger partial charge is 0.297 e. The molecule has 0 radical (unpaired) electrons. The van der Waals surface area contributed by atoms with Crippen molar-refractivity contribution in [2.75, 3.05) is 18.0 Å². The molecule has 5 heteroatoms. The van der Waals surface area contributed by atoms with Gasteiger partial charge in [-0.05, 0) is 38.9 Å². The van der Waals surface area contributed by atoms with E-state index < -0.39 is 0 Å². The lowest BCUT2D eigenvalue weighted by molar-refractivity contribution is 0.532. The molecule has 2 aromatic heterocycles. The number of pyridine rings is 1. The van der Waals surface area contributed by atoms with Crippen LogP contribution in [-0.2, 0) is 13.1 Å². The summed E-state index contributed by atoms with van der Waals surface area (Å²) < 4.78 is 5.60. The molecule has 0 aliphatic rings. The zero-order chi connectivity index (χ0) is 15.1. The van der Waals surface area contributed by atoms with Crippen molar-refractivity contribution in [2.24, 2.45) is 0 Å². The normalized spacial score (nSPS) is 10.8. The van der Waals surface area contributed by atoms with Crippen LogP contribution in [0.25, 0.3) is 0 Å². The third-order valence-electron chi connectivity index (χ3n) is 3.22. The van der Waals surface area contributed by atoms with Crippen molar-refractivity contribution in [3.8, 4) is 0 Å². The molecule has 1 N–H and O–H groups in total. The number of nitrogens with one attached hydrogen (secondary N) is 1. The topological polar surface area (TPSA) is 54.2 Å². The Labute approximate surface area is 126 Å². The third-order valence-corrected chi connectivity index (χ3v) is 3.22. The summed E-state index contributed by atoms with van der Waals surface area (Å²) in [5.41, 5.74) is 3.00. The lowest BCUT2D eigenvalue weighted by atomic mass is 10.3. The van der Waals surface area contributed by atoms with Crippen molar-refractivity contribution in [1.29, 1.82) is 0 Å². The number of hydrogen-bond acceptors (Lipinski definition) is 5. The predicted molar refractivity (Wildman–Crippen MR) is 84.2 cm³/mol. The zero-order valence-electron chi connectivity index (χ0n) is 13.1. The minimum absolute atomic E-state index is 0.661. The molecule has 0 aliphatic carbocycles. The molecule has 0 unspecified atom stereocenters. The van der Waals surface area contributed by atoms with Crippen molar-refractivity contribution in [3.05, 3.63) is 41.5 Å². The third kappa shape index (κ3) is 4.56. The average molecular weight is 288 g/mol. The van der Waals surface area contributed by atoms with Gasteiger partial charge in [0.15, 0.2) is 0 Å². The fourth-order valence-corrected chi connectivity index (χ4v) is 2.11. The Morgan fingerprint density at radius 3 is 2.76 bits per heavy atom. The van der Waals surface area contributed by atoms with Crippen LogP contribution in [0.3, 0.4) is 0 Å². The van der Waals surface area contributed by atoms with Crippen LogP contribution < -0.4 is 10.2 Å². The number of anilines is 1. The Morgan fingerprint density at radius 1 is 1.19 bits per heavy atom. The summed E-state index contributed by atoms with van der Waals surface area (Å²) in [6.07, 6.45) is 2.84. The van der Waals surface area contributed by atoms with E-state index in [9.17, 15) is 0 Å². The Bertz CT molecular complexity index is 553. The van der Waals surface area contributed by atoms with Crippen LogP contribution >= 0.6 is 0 Å². The van der Waals surface area contributed by atoms with Crippen LogP contribution in [0.2, 0.25) is 0 Å². The first-order chi connectivity index (χ1) is 10.2. The predicted octanol–water partition coefficient (Wildman–Crippen LogP) is 2.90. The Hall–Kier alpha value is -1.88. The highest BCUT2D eigenvalue weighted by Gasteiger charge is 2.12. The SMILES string of the molecule is CCCNCc1coc(N(CC)Cc2cccc(C)n2)n1. The maximum Gasteiger partial charge on any atom is 0.297 e. The second-order valence-electron chi connectivity index (χ2n) is 5.08. The first kappa shape index (κ1) is 15.5. The molecule has 21 heavy (non-hydrogen) atoms. The molecule has 0 spiro atoms. The van der Waals surface area contributed by atoms with Gasteiger partial charge < -0.3 is 14.6 Å². The molecule has 2 heterocycles. The fourth-order valence-electron chi connectivity index (χ4n) is 2.11. The van der Waals surface area contributed by atoms with Gasteiger partial charge in [-0.1, -0.05) is 13.0 Å². The number of nitrogens with zero attached hydrogens (tertiary/aromatic N) is 3. The van der Waals surface area contributed by atoms with Gasteiger partial charge >= 0.3 is 0 Å². The summed E-state index contributed by atoms with van der Waals surface area (Å²) in [4.78, 5) is 11.2. The average Bonchev–Trinajstić information content (AvgIpc) is 2.94. The number of aryl methyl sites for hydroxylation is 1. The van der Waals surface area contributed by atoms with Gasteiger partial charge in [-0.3, -0.25) is 4.98 Å². The molecule has 2 aromatic rings. The first-order valence-corrected chi connectivity index (χ1v) is 7.55. The lowest BCUT2D eigenvalue weighted by Crippen LogP contribution is -2.23. The van der Waals surface area contributed by atoms with E-state index in [1.165, 1.54) is 0 Å². The van der Waals surface area contributed by atoms with E-state index in [1.54, 1.807) is 6.26 Å². The van der Waals surface area contributed by atoms with Crippen LogP contribution in [0.1, 0.15) is 37.4 Å². The van der Waals surface area contributed by atoms with Gasteiger partial charge in [0.25, 0.3) is 6.01 Å². The van der Waals surface area contributed by atoms with Gasteiger partial charge in [-0.2, -0.15) is 4.98 Å². The second kappa shape index (κ2) is 7.78. The summed E-state index contributed by atoms with van der Waals surface area (Å²) in [6.45, 7) is 9.52. The van der Waals surface area contributed by atoms with Gasteiger partial charge in [0.05, 0.1) is 17.9 Å². The molecule has 0 bridgehead atoms. The van der Waals surface area contributed by atoms with Crippen LogP contribution in [-0.4, -0.2) is 23.1 Å². The molecule has 0 fully saturated rings. The van der Waals surface area contributed by atoms with Crippen molar-refractivity contribution in [3.63, 3.8) is 0 Å². The van der Waals surface area contributed by atoms with Gasteiger partial charge in [-0.25, -0.2) is 0 Å². The number of oxazole rings is 1. The highest BCUT2D eigenvalue weighted by atomic mass is 16.4. The summed E-state index contributed by atoms with van der Waals surface area (Å²) >= 11 is 0. The van der Waals surface area contributed by atoms with E-state index in [0.717, 1.165) is 43.1 Å². The van der Waals surface area contributed by atoms with E-state index >= 15 is 0 Å². The summed E-state index contributed by atoms with van der Waals surface area (Å²) in [5, 5.41) is 3.33. The minimum atomic E-state index is 0.661. The van der Waals surface area contributed by atoms with Gasteiger partial charge in [0.1, 0.15) is 6.26 Å².